The molecule has 48 heavy (non-hydrogen) atoms. The topological polar surface area (TPSA) is 198 Å². The van der Waals surface area contributed by atoms with Gasteiger partial charge in [-0.1, -0.05) is 12.1 Å². The van der Waals surface area contributed by atoms with Gasteiger partial charge in [-0.25, -0.2) is 0 Å². The van der Waals surface area contributed by atoms with Crippen molar-refractivity contribution in [3.05, 3.63) is 76.3 Å². The van der Waals surface area contributed by atoms with Gasteiger partial charge in [0.1, 0.15) is 22.8 Å². The first-order valence-electron chi connectivity index (χ1n) is 15.3. The second-order valence-electron chi connectivity index (χ2n) is 12.8. The third-order valence-corrected chi connectivity index (χ3v) is 10.1. The summed E-state index contributed by atoms with van der Waals surface area (Å²) in [6, 6.07) is 11.1. The van der Waals surface area contributed by atoms with E-state index in [1.54, 1.807) is 50.5 Å². The van der Waals surface area contributed by atoms with Crippen LogP contribution in [0.25, 0.3) is 22.3 Å². The van der Waals surface area contributed by atoms with Crippen molar-refractivity contribution in [2.75, 3.05) is 27.7 Å². The van der Waals surface area contributed by atoms with E-state index in [2.05, 4.69) is 0 Å². The second kappa shape index (κ2) is 10.2. The van der Waals surface area contributed by atoms with Crippen LogP contribution in [-0.4, -0.2) is 82.1 Å². The summed E-state index contributed by atoms with van der Waals surface area (Å²) in [7, 11) is 3.17. The zero-order chi connectivity index (χ0) is 33.8. The maximum atomic E-state index is 14.6. The predicted octanol–water partition coefficient (Wildman–Crippen LogP) is 2.91. The van der Waals surface area contributed by atoms with Crippen molar-refractivity contribution in [3.63, 3.8) is 0 Å². The molecule has 5 aliphatic rings. The molecule has 2 aliphatic heterocycles. The number of likely N-dealkylation sites (N-methyl/N-ethyl adjacent to an activating group) is 1. The number of hydrogen-bond donors (Lipinski definition) is 5. The third kappa shape index (κ3) is 3.94. The van der Waals surface area contributed by atoms with E-state index in [9.17, 15) is 34.8 Å². The molecule has 0 saturated carbocycles. The van der Waals surface area contributed by atoms with Crippen molar-refractivity contribution in [3.8, 4) is 51.0 Å². The van der Waals surface area contributed by atoms with Crippen LogP contribution in [0.1, 0.15) is 22.3 Å². The molecule has 0 unspecified atom stereocenters. The summed E-state index contributed by atoms with van der Waals surface area (Å²) in [6.07, 6.45) is 0.0876. The lowest BCUT2D eigenvalue weighted by molar-refractivity contribution is -0.148. The third-order valence-electron chi connectivity index (χ3n) is 10.1. The Bertz CT molecular complexity index is 2070. The molecule has 3 aliphatic carbocycles. The van der Waals surface area contributed by atoms with Gasteiger partial charge in [0, 0.05) is 17.1 Å². The van der Waals surface area contributed by atoms with E-state index in [0.29, 0.717) is 45.3 Å². The maximum Gasteiger partial charge on any atom is 0.255 e. The number of hydrogen-bond acceptors (Lipinski definition) is 12. The molecule has 3 aromatic carbocycles. The number of ether oxygens (including phenoxy) is 4. The number of phenolic OH excluding ortho intramolecular Hbond substituents is 1. The number of aliphatic hydroxyl groups excluding tert-OH is 2. The molecule has 13 heteroatoms. The molecular formula is C35H30N2O11. The van der Waals surface area contributed by atoms with Gasteiger partial charge in [0.15, 0.2) is 34.4 Å². The van der Waals surface area contributed by atoms with Crippen molar-refractivity contribution in [1.29, 1.82) is 0 Å². The Morgan fingerprint density at radius 2 is 1.46 bits per heavy atom. The number of carbonyl (C=O) groups is 3. The lowest BCUT2D eigenvalue weighted by atomic mass is 9.58. The maximum absolute atomic E-state index is 14.6. The van der Waals surface area contributed by atoms with E-state index in [0.717, 1.165) is 0 Å². The van der Waals surface area contributed by atoms with Crippen molar-refractivity contribution >= 4 is 17.5 Å². The Balaban J connectivity index is 1.35. The number of primary amides is 1. The van der Waals surface area contributed by atoms with Gasteiger partial charge in [0.05, 0.1) is 11.6 Å². The first-order valence-corrected chi connectivity index (χ1v) is 15.3. The summed E-state index contributed by atoms with van der Waals surface area (Å²) in [4.78, 5) is 42.1. The second-order valence-corrected chi connectivity index (χ2v) is 12.8. The summed E-state index contributed by atoms with van der Waals surface area (Å²) >= 11 is 0. The smallest absolute Gasteiger partial charge is 0.255 e. The fourth-order valence-electron chi connectivity index (χ4n) is 7.92. The Morgan fingerprint density at radius 1 is 0.875 bits per heavy atom. The minimum absolute atomic E-state index is 0.0307. The van der Waals surface area contributed by atoms with Gasteiger partial charge in [-0.05, 0) is 85.4 Å². The monoisotopic (exact) mass is 654 g/mol. The molecule has 0 radical (unpaired) electrons. The number of fused-ring (bicyclic) bond motifs is 5. The molecule has 246 valence electrons. The summed E-state index contributed by atoms with van der Waals surface area (Å²) in [6.45, 7) is 0.0875. The van der Waals surface area contributed by atoms with E-state index in [4.69, 9.17) is 24.7 Å². The minimum Gasteiger partial charge on any atom is -0.510 e. The number of benzene rings is 3. The predicted molar refractivity (Wildman–Crippen MR) is 167 cm³/mol. The van der Waals surface area contributed by atoms with Gasteiger partial charge in [-0.2, -0.15) is 0 Å². The highest BCUT2D eigenvalue weighted by molar-refractivity contribution is 6.25. The lowest BCUT2D eigenvalue weighted by Crippen LogP contribution is -2.63. The number of allylic oxidation sites excluding steroid dienone is 1. The average molecular weight is 655 g/mol. The summed E-state index contributed by atoms with van der Waals surface area (Å²) in [5, 5.41) is 46.7. The van der Waals surface area contributed by atoms with Crippen molar-refractivity contribution < 1.29 is 53.8 Å². The fourth-order valence-corrected chi connectivity index (χ4v) is 7.92. The SMILES string of the molecule is CN(C)[C@H]1C(O)=C(C(N)=O)C(=O)[C@@]2(O)C(O)=C3C(=O)c4c(O)c(-c5ccc6c(c5)OCO6)cc(-c5ccc6c(c5)OCO6)c4C[C@@H]3C[C@@H]12. The number of phenols is 1. The molecule has 8 rings (SSSR count). The van der Waals surface area contributed by atoms with Gasteiger partial charge in [-0.15, -0.1) is 0 Å². The zero-order valence-electron chi connectivity index (χ0n) is 25.8. The van der Waals surface area contributed by atoms with Gasteiger partial charge >= 0.3 is 0 Å². The number of ketones is 2. The van der Waals surface area contributed by atoms with Crippen LogP contribution in [0.4, 0.5) is 0 Å². The van der Waals surface area contributed by atoms with Crippen LogP contribution in [-0.2, 0) is 16.0 Å². The van der Waals surface area contributed by atoms with Crippen LogP contribution >= 0.6 is 0 Å². The standard InChI is InChI=1S/C35H30N2O11/c1-37(2)28-20-8-16-7-19-17(14-3-5-21-23(9-14)47-12-45-21)11-18(15-4-6-22-24(10-15)48-13-46-22)29(38)26(19)30(39)25(16)32(41)35(20,44)33(42)27(31(28)40)34(36)43/h3-6,9-11,16,20,28,38,40-41,44H,7-8,12-13H2,1-2H3,(H2,36,43)/t16-,20+,28-,35+/m1/s1. The van der Waals surface area contributed by atoms with Gasteiger partial charge in [0.25, 0.3) is 5.91 Å². The largest absolute Gasteiger partial charge is 0.510 e. The molecule has 4 atom stereocenters. The van der Waals surface area contributed by atoms with Crippen LogP contribution in [0.5, 0.6) is 28.7 Å². The highest BCUT2D eigenvalue weighted by atomic mass is 16.7. The first-order chi connectivity index (χ1) is 22.9. The molecule has 1 amide bonds. The number of carbonyl (C=O) groups excluding carboxylic acids is 3. The quantitative estimate of drug-likeness (QED) is 0.258. The van der Waals surface area contributed by atoms with E-state index in [1.165, 1.54) is 4.90 Å². The van der Waals surface area contributed by atoms with Crippen molar-refractivity contribution in [1.82, 2.24) is 4.90 Å². The summed E-state index contributed by atoms with van der Waals surface area (Å²) in [5.74, 6) is -5.14. The molecule has 13 nitrogen and oxygen atoms in total. The molecule has 6 N–H and O–H groups in total. The number of amides is 1. The van der Waals surface area contributed by atoms with Crippen molar-refractivity contribution in [2.45, 2.75) is 24.5 Å². The first kappa shape index (κ1) is 29.8. The molecule has 0 spiro atoms. The molecule has 2 heterocycles. The molecule has 3 aromatic rings. The average Bonchev–Trinajstić information content (AvgIpc) is 3.71. The zero-order valence-corrected chi connectivity index (χ0v) is 25.8. The Morgan fingerprint density at radius 3 is 2.04 bits per heavy atom. The lowest BCUT2D eigenvalue weighted by Gasteiger charge is -2.50. The van der Waals surface area contributed by atoms with Crippen LogP contribution < -0.4 is 24.7 Å². The molecular weight excluding hydrogens is 624 g/mol. The van der Waals surface area contributed by atoms with E-state index < -0.39 is 58.0 Å². The fraction of sp³-hybridized carbons (Fsp3) is 0.286. The number of nitrogens with two attached hydrogens (primary N) is 1. The highest BCUT2D eigenvalue weighted by Crippen LogP contribution is 2.55. The van der Waals surface area contributed by atoms with Crippen LogP contribution in [0.15, 0.2) is 65.1 Å². The van der Waals surface area contributed by atoms with Crippen LogP contribution in [0.2, 0.25) is 0 Å². The highest BCUT2D eigenvalue weighted by Gasteiger charge is 2.63. The number of rotatable bonds is 4. The number of Topliss-reactive ketones (excluding diaryl/α,β-unsaturated/α-hetero) is 2. The Kier molecular flexibility index (Phi) is 6.36. The normalized spacial score (nSPS) is 25.3. The van der Waals surface area contributed by atoms with E-state index >= 15 is 0 Å². The number of aromatic hydroxyl groups is 1. The summed E-state index contributed by atoms with van der Waals surface area (Å²) < 4.78 is 22.1. The van der Waals surface area contributed by atoms with E-state index in [1.807, 2.05) is 6.07 Å². The number of aliphatic hydroxyl groups is 3. The van der Waals surface area contributed by atoms with Gasteiger partial charge in [-0.3, -0.25) is 19.3 Å². The van der Waals surface area contributed by atoms with Gasteiger partial charge < -0.3 is 45.1 Å². The molecule has 0 bridgehead atoms. The molecule has 0 aromatic heterocycles. The number of nitrogens with zero attached hydrogens (tertiary/aromatic N) is 1. The van der Waals surface area contributed by atoms with E-state index in [-0.39, 0.29) is 48.9 Å². The Labute approximate surface area is 273 Å². The van der Waals surface area contributed by atoms with Crippen molar-refractivity contribution in [2.24, 2.45) is 17.6 Å². The molecule has 0 fully saturated rings. The van der Waals surface area contributed by atoms with Crippen LogP contribution in [0.3, 0.4) is 0 Å². The van der Waals surface area contributed by atoms with Gasteiger partial charge in [0.2, 0.25) is 19.4 Å². The summed E-state index contributed by atoms with van der Waals surface area (Å²) in [5.41, 5.74) is 4.04. The van der Waals surface area contributed by atoms with Crippen LogP contribution in [0, 0.1) is 11.8 Å². The molecule has 0 saturated heterocycles. The Hall–Kier alpha value is -5.53. The minimum atomic E-state index is -2.74.